The summed E-state index contributed by atoms with van der Waals surface area (Å²) in [4.78, 5) is 36.9. The maximum absolute atomic E-state index is 13.1. The van der Waals surface area contributed by atoms with Crippen LogP contribution >= 0.6 is 11.3 Å². The van der Waals surface area contributed by atoms with Crippen molar-refractivity contribution in [2.24, 2.45) is 5.41 Å². The molecule has 0 saturated carbocycles. The molecule has 132 valence electrons. The number of amides is 2. The minimum Gasteiger partial charge on any atom is -0.357 e. The number of aryl methyl sites for hydroxylation is 1. The van der Waals surface area contributed by atoms with Gasteiger partial charge >= 0.3 is 0 Å². The van der Waals surface area contributed by atoms with Crippen LogP contribution in [-0.2, 0) is 11.3 Å². The summed E-state index contributed by atoms with van der Waals surface area (Å²) in [6.45, 7) is 4.55. The number of nitrogens with one attached hydrogen (secondary N) is 1. The lowest BCUT2D eigenvalue weighted by Gasteiger charge is -2.38. The van der Waals surface area contributed by atoms with E-state index in [9.17, 15) is 9.59 Å². The van der Waals surface area contributed by atoms with Crippen molar-refractivity contribution < 1.29 is 9.59 Å². The molecule has 2 aromatic rings. The van der Waals surface area contributed by atoms with Crippen molar-refractivity contribution in [2.75, 3.05) is 19.6 Å². The summed E-state index contributed by atoms with van der Waals surface area (Å²) < 4.78 is 0. The van der Waals surface area contributed by atoms with Gasteiger partial charge in [0.05, 0.1) is 22.7 Å². The topological polar surface area (TPSA) is 69.3 Å². The van der Waals surface area contributed by atoms with Crippen molar-refractivity contribution in [2.45, 2.75) is 32.7 Å². The van der Waals surface area contributed by atoms with Gasteiger partial charge in [0.15, 0.2) is 0 Å². The fraction of sp³-hybridized carbons (Fsp3) is 0.500. The van der Waals surface area contributed by atoms with E-state index in [1.54, 1.807) is 23.6 Å². The molecule has 25 heavy (non-hydrogen) atoms. The number of hydrogen-bond acceptors (Lipinski definition) is 4. The van der Waals surface area contributed by atoms with E-state index in [2.05, 4.69) is 9.97 Å². The highest BCUT2D eigenvalue weighted by Crippen LogP contribution is 2.41. The van der Waals surface area contributed by atoms with E-state index in [0.717, 1.165) is 43.1 Å². The number of likely N-dealkylation sites (tertiary alicyclic amines) is 2. The second-order valence-electron chi connectivity index (χ2n) is 7.03. The molecule has 2 fully saturated rings. The fourth-order valence-corrected chi connectivity index (χ4v) is 4.64. The lowest BCUT2D eigenvalue weighted by Crippen LogP contribution is -2.49. The molecular formula is C18H22N4O2S. The van der Waals surface area contributed by atoms with Crippen LogP contribution in [0, 0.1) is 12.3 Å². The van der Waals surface area contributed by atoms with Crippen LogP contribution in [0.5, 0.6) is 0 Å². The highest BCUT2D eigenvalue weighted by Gasteiger charge is 2.49. The number of carbonyl (C=O) groups excluding carboxylic acids is 2. The zero-order valence-electron chi connectivity index (χ0n) is 14.3. The van der Waals surface area contributed by atoms with Crippen molar-refractivity contribution in [3.63, 3.8) is 0 Å². The average molecular weight is 358 g/mol. The fourth-order valence-electron chi connectivity index (χ4n) is 4.04. The molecule has 7 heteroatoms. The first-order valence-corrected chi connectivity index (χ1v) is 9.58. The van der Waals surface area contributed by atoms with Gasteiger partial charge in [-0.25, -0.2) is 4.98 Å². The first-order valence-electron chi connectivity index (χ1n) is 8.70. The Hall–Kier alpha value is -2.15. The SMILES string of the molecule is Cc1nc(CN2CC[C@@]3(CCCN(C(=O)c4ccc[nH]4)C3)C2=O)cs1. The van der Waals surface area contributed by atoms with E-state index in [4.69, 9.17) is 0 Å². The van der Waals surface area contributed by atoms with E-state index >= 15 is 0 Å². The molecule has 6 nitrogen and oxygen atoms in total. The summed E-state index contributed by atoms with van der Waals surface area (Å²) in [7, 11) is 0. The number of aromatic amines is 1. The van der Waals surface area contributed by atoms with E-state index in [1.165, 1.54) is 0 Å². The van der Waals surface area contributed by atoms with Crippen LogP contribution in [0.2, 0.25) is 0 Å². The quantitative estimate of drug-likeness (QED) is 0.916. The molecule has 2 aliphatic rings. The molecule has 0 radical (unpaired) electrons. The largest absolute Gasteiger partial charge is 0.357 e. The maximum atomic E-state index is 13.1. The molecule has 0 bridgehead atoms. The summed E-state index contributed by atoms with van der Waals surface area (Å²) in [5, 5.41) is 3.05. The Labute approximate surface area is 150 Å². The summed E-state index contributed by atoms with van der Waals surface area (Å²) >= 11 is 1.61. The second-order valence-corrected chi connectivity index (χ2v) is 8.09. The average Bonchev–Trinajstić information content (AvgIpc) is 3.34. The standard InChI is InChI=1S/C18H22N4O2S/c1-13-20-14(11-25-13)10-21-9-6-18(17(21)24)5-3-8-22(12-18)16(23)15-4-2-7-19-15/h2,4,7,11,19H,3,5-6,8-10,12H2,1H3/t18-/m1/s1. The Bertz CT molecular complexity index is 785. The molecule has 0 unspecified atom stereocenters. The third-order valence-corrected chi connectivity index (χ3v) is 6.14. The zero-order chi connectivity index (χ0) is 17.4. The van der Waals surface area contributed by atoms with Gasteiger partial charge in [-0.1, -0.05) is 0 Å². The Balaban J connectivity index is 1.48. The predicted molar refractivity (Wildman–Crippen MR) is 95.2 cm³/mol. The van der Waals surface area contributed by atoms with Crippen LogP contribution in [0.15, 0.2) is 23.7 Å². The summed E-state index contributed by atoms with van der Waals surface area (Å²) in [5.41, 5.74) is 1.14. The van der Waals surface area contributed by atoms with Crippen LogP contribution in [0.3, 0.4) is 0 Å². The van der Waals surface area contributed by atoms with Gasteiger partial charge in [-0.15, -0.1) is 11.3 Å². The van der Waals surface area contributed by atoms with Gasteiger partial charge in [-0.3, -0.25) is 9.59 Å². The third-order valence-electron chi connectivity index (χ3n) is 5.31. The zero-order valence-corrected chi connectivity index (χ0v) is 15.1. The molecule has 2 aromatic heterocycles. The van der Waals surface area contributed by atoms with Gasteiger partial charge in [-0.05, 0) is 38.3 Å². The van der Waals surface area contributed by atoms with Crippen LogP contribution in [0.25, 0.3) is 0 Å². The number of hydrogen-bond donors (Lipinski definition) is 1. The number of carbonyl (C=O) groups is 2. The molecule has 2 saturated heterocycles. The van der Waals surface area contributed by atoms with E-state index in [0.29, 0.717) is 18.8 Å². The Kier molecular flexibility index (Phi) is 4.11. The van der Waals surface area contributed by atoms with Crippen LogP contribution in [-0.4, -0.2) is 51.2 Å². The number of aromatic nitrogens is 2. The number of piperidine rings is 1. The first-order chi connectivity index (χ1) is 12.1. The van der Waals surface area contributed by atoms with Gasteiger partial charge < -0.3 is 14.8 Å². The highest BCUT2D eigenvalue weighted by atomic mass is 32.1. The highest BCUT2D eigenvalue weighted by molar-refractivity contribution is 7.09. The normalized spacial score (nSPS) is 23.6. The van der Waals surface area contributed by atoms with Crippen molar-refractivity contribution in [1.29, 1.82) is 0 Å². The predicted octanol–water partition coefficient (Wildman–Crippen LogP) is 2.43. The molecule has 0 aliphatic carbocycles. The minimum atomic E-state index is -0.411. The van der Waals surface area contributed by atoms with E-state index < -0.39 is 5.41 Å². The monoisotopic (exact) mass is 358 g/mol. The van der Waals surface area contributed by atoms with Crippen LogP contribution in [0.1, 0.15) is 40.5 Å². The molecule has 4 heterocycles. The van der Waals surface area contributed by atoms with Gasteiger partial charge in [-0.2, -0.15) is 0 Å². The second kappa shape index (κ2) is 6.29. The van der Waals surface area contributed by atoms with Gasteiger partial charge in [0.2, 0.25) is 5.91 Å². The first kappa shape index (κ1) is 16.3. The Morgan fingerprint density at radius 3 is 3.00 bits per heavy atom. The van der Waals surface area contributed by atoms with E-state index in [1.807, 2.05) is 28.2 Å². The smallest absolute Gasteiger partial charge is 0.270 e. The summed E-state index contributed by atoms with van der Waals surface area (Å²) in [5.74, 6) is 0.174. The molecule has 0 aromatic carbocycles. The molecule has 4 rings (SSSR count). The van der Waals surface area contributed by atoms with Crippen molar-refractivity contribution in [1.82, 2.24) is 19.8 Å². The number of H-pyrrole nitrogens is 1. The molecule has 1 atom stereocenters. The molecule has 1 spiro atoms. The van der Waals surface area contributed by atoms with Gasteiger partial charge in [0, 0.05) is 31.2 Å². The summed E-state index contributed by atoms with van der Waals surface area (Å²) in [6, 6.07) is 3.61. The van der Waals surface area contributed by atoms with Crippen molar-refractivity contribution in [3.05, 3.63) is 40.1 Å². The lowest BCUT2D eigenvalue weighted by atomic mass is 9.78. The van der Waals surface area contributed by atoms with Crippen molar-refractivity contribution in [3.8, 4) is 0 Å². The minimum absolute atomic E-state index is 0.00884. The van der Waals surface area contributed by atoms with Crippen molar-refractivity contribution >= 4 is 23.2 Å². The van der Waals surface area contributed by atoms with Crippen LogP contribution < -0.4 is 0 Å². The Morgan fingerprint density at radius 1 is 1.40 bits per heavy atom. The molecule has 2 aliphatic heterocycles. The number of thiazole rings is 1. The Morgan fingerprint density at radius 2 is 2.28 bits per heavy atom. The molecule has 1 N–H and O–H groups in total. The maximum Gasteiger partial charge on any atom is 0.270 e. The summed E-state index contributed by atoms with van der Waals surface area (Å²) in [6.07, 6.45) is 4.32. The van der Waals surface area contributed by atoms with Gasteiger partial charge in [0.25, 0.3) is 5.91 Å². The molecular weight excluding hydrogens is 336 g/mol. The van der Waals surface area contributed by atoms with Gasteiger partial charge in [0.1, 0.15) is 5.69 Å². The van der Waals surface area contributed by atoms with E-state index in [-0.39, 0.29) is 11.8 Å². The molecule has 2 amide bonds. The lowest BCUT2D eigenvalue weighted by molar-refractivity contribution is -0.138. The number of rotatable bonds is 3. The van der Waals surface area contributed by atoms with Crippen LogP contribution in [0.4, 0.5) is 0 Å². The number of nitrogens with zero attached hydrogens (tertiary/aromatic N) is 3. The third kappa shape index (κ3) is 2.97.